The number of benzene rings is 1. The van der Waals surface area contributed by atoms with E-state index in [1.807, 2.05) is 31.3 Å². The van der Waals surface area contributed by atoms with Gasteiger partial charge in [-0.25, -0.2) is 4.79 Å². The highest BCUT2D eigenvalue weighted by atomic mass is 16.5. The van der Waals surface area contributed by atoms with Gasteiger partial charge in [0, 0.05) is 18.8 Å². The molecule has 1 aromatic rings. The number of hydrogen-bond donors (Lipinski definition) is 2. The Bertz CT molecular complexity index is 402. The van der Waals surface area contributed by atoms with Gasteiger partial charge in [-0.2, -0.15) is 0 Å². The van der Waals surface area contributed by atoms with Crippen molar-refractivity contribution in [3.05, 3.63) is 42.5 Å². The minimum atomic E-state index is -0.833. The second-order valence-electron chi connectivity index (χ2n) is 3.95. The molecule has 0 aromatic heterocycles. The lowest BCUT2D eigenvalue weighted by molar-refractivity contribution is -0.141. The van der Waals surface area contributed by atoms with E-state index in [9.17, 15) is 9.90 Å². The minimum absolute atomic E-state index is 0.0937. The molecule has 1 aromatic carbocycles. The number of esters is 1. The number of carbonyl (C=O) groups excluding carboxylic acids is 1. The van der Waals surface area contributed by atoms with Crippen LogP contribution in [0.3, 0.4) is 0 Å². The van der Waals surface area contributed by atoms with Gasteiger partial charge in [0.1, 0.15) is 12.7 Å². The molecule has 1 rings (SSSR count). The van der Waals surface area contributed by atoms with E-state index in [-0.39, 0.29) is 13.2 Å². The molecular formula is C14H19NO4. The summed E-state index contributed by atoms with van der Waals surface area (Å²) in [5.74, 6) is -0.554. The molecule has 0 bridgehead atoms. The molecule has 0 spiro atoms. The molecule has 0 heterocycles. The maximum absolute atomic E-state index is 10.8. The number of anilines is 1. The standard InChI is InChI=1S/C14H19NO4/c1-3-14(17)19-10-13(16)9-18-8-11-4-6-12(15-2)7-5-11/h3-7,13,15-16H,1,8-10H2,2H3. The van der Waals surface area contributed by atoms with Crippen molar-refractivity contribution < 1.29 is 19.4 Å². The smallest absolute Gasteiger partial charge is 0.330 e. The minimum Gasteiger partial charge on any atom is -0.460 e. The molecule has 19 heavy (non-hydrogen) atoms. The van der Waals surface area contributed by atoms with Gasteiger partial charge in [0.25, 0.3) is 0 Å². The second kappa shape index (κ2) is 8.29. The summed E-state index contributed by atoms with van der Waals surface area (Å²) in [5, 5.41) is 12.5. The van der Waals surface area contributed by atoms with Crippen molar-refractivity contribution in [2.75, 3.05) is 25.6 Å². The Morgan fingerprint density at radius 3 is 2.68 bits per heavy atom. The van der Waals surface area contributed by atoms with Gasteiger partial charge in [-0.1, -0.05) is 18.7 Å². The SMILES string of the molecule is C=CC(=O)OCC(O)COCc1ccc(NC)cc1. The summed E-state index contributed by atoms with van der Waals surface area (Å²) < 4.78 is 10.0. The Kier molecular flexibility index (Phi) is 6.63. The third kappa shape index (κ3) is 6.03. The zero-order chi connectivity index (χ0) is 14.1. The molecule has 2 N–H and O–H groups in total. The average Bonchev–Trinajstić information content (AvgIpc) is 2.45. The number of hydrogen-bond acceptors (Lipinski definition) is 5. The number of ether oxygens (including phenoxy) is 2. The van der Waals surface area contributed by atoms with Gasteiger partial charge in [0.05, 0.1) is 13.2 Å². The summed E-state index contributed by atoms with van der Waals surface area (Å²) in [6.45, 7) is 3.68. The van der Waals surface area contributed by atoms with Crippen LogP contribution in [-0.4, -0.2) is 37.4 Å². The van der Waals surface area contributed by atoms with Crippen LogP contribution in [0.25, 0.3) is 0 Å². The molecule has 1 unspecified atom stereocenters. The fourth-order valence-corrected chi connectivity index (χ4v) is 1.37. The highest BCUT2D eigenvalue weighted by Gasteiger charge is 2.07. The molecule has 5 nitrogen and oxygen atoms in total. The largest absolute Gasteiger partial charge is 0.460 e. The lowest BCUT2D eigenvalue weighted by atomic mass is 10.2. The van der Waals surface area contributed by atoms with Crippen LogP contribution in [0.2, 0.25) is 0 Å². The molecule has 0 amide bonds. The van der Waals surface area contributed by atoms with Crippen molar-refractivity contribution in [3.63, 3.8) is 0 Å². The summed E-state index contributed by atoms with van der Waals surface area (Å²) in [6, 6.07) is 7.77. The second-order valence-corrected chi connectivity index (χ2v) is 3.95. The van der Waals surface area contributed by atoms with E-state index in [0.717, 1.165) is 17.3 Å². The summed E-state index contributed by atoms with van der Waals surface area (Å²) >= 11 is 0. The Morgan fingerprint density at radius 1 is 1.42 bits per heavy atom. The number of aliphatic hydroxyl groups excluding tert-OH is 1. The first-order chi connectivity index (χ1) is 9.15. The quantitative estimate of drug-likeness (QED) is 0.548. The van der Waals surface area contributed by atoms with Crippen molar-refractivity contribution in [1.82, 2.24) is 0 Å². The van der Waals surface area contributed by atoms with Crippen LogP contribution in [0.1, 0.15) is 5.56 Å². The Balaban J connectivity index is 2.21. The summed E-state index contributed by atoms with van der Waals surface area (Å²) in [7, 11) is 1.85. The molecule has 0 radical (unpaired) electrons. The predicted molar refractivity (Wildman–Crippen MR) is 72.8 cm³/mol. The highest BCUT2D eigenvalue weighted by molar-refractivity contribution is 5.81. The summed E-state index contributed by atoms with van der Waals surface area (Å²) in [5.41, 5.74) is 2.04. The van der Waals surface area contributed by atoms with Crippen LogP contribution in [0.4, 0.5) is 5.69 Å². The first kappa shape index (κ1) is 15.2. The van der Waals surface area contributed by atoms with E-state index in [0.29, 0.717) is 6.61 Å². The van der Waals surface area contributed by atoms with Crippen LogP contribution in [0.5, 0.6) is 0 Å². The zero-order valence-corrected chi connectivity index (χ0v) is 11.0. The van der Waals surface area contributed by atoms with Gasteiger partial charge < -0.3 is 19.9 Å². The summed E-state index contributed by atoms with van der Waals surface area (Å²) in [6.07, 6.45) is 0.220. The molecule has 0 aliphatic carbocycles. The summed E-state index contributed by atoms with van der Waals surface area (Å²) in [4.78, 5) is 10.8. The molecular weight excluding hydrogens is 246 g/mol. The Labute approximate surface area is 112 Å². The lowest BCUT2D eigenvalue weighted by Gasteiger charge is -2.11. The number of rotatable bonds is 8. The average molecular weight is 265 g/mol. The van der Waals surface area contributed by atoms with Crippen LogP contribution in [-0.2, 0) is 20.9 Å². The van der Waals surface area contributed by atoms with Crippen LogP contribution < -0.4 is 5.32 Å². The monoisotopic (exact) mass is 265 g/mol. The normalized spacial score (nSPS) is 11.7. The predicted octanol–water partition coefficient (Wildman–Crippen LogP) is 1.33. The first-order valence-electron chi connectivity index (χ1n) is 5.97. The van der Waals surface area contributed by atoms with E-state index >= 15 is 0 Å². The van der Waals surface area contributed by atoms with Crippen molar-refractivity contribution >= 4 is 11.7 Å². The molecule has 104 valence electrons. The van der Waals surface area contributed by atoms with E-state index in [4.69, 9.17) is 9.47 Å². The van der Waals surface area contributed by atoms with Crippen molar-refractivity contribution in [3.8, 4) is 0 Å². The molecule has 0 saturated heterocycles. The molecule has 0 aliphatic rings. The van der Waals surface area contributed by atoms with Crippen LogP contribution in [0.15, 0.2) is 36.9 Å². The number of aliphatic hydroxyl groups is 1. The molecule has 0 aliphatic heterocycles. The van der Waals surface area contributed by atoms with Crippen LogP contribution in [0, 0.1) is 0 Å². The maximum atomic E-state index is 10.8. The molecule has 1 atom stereocenters. The Hall–Kier alpha value is -1.85. The third-order valence-electron chi connectivity index (χ3n) is 2.41. The highest BCUT2D eigenvalue weighted by Crippen LogP contribution is 2.09. The van der Waals surface area contributed by atoms with E-state index in [1.54, 1.807) is 0 Å². The topological polar surface area (TPSA) is 67.8 Å². The molecule has 0 saturated carbocycles. The van der Waals surface area contributed by atoms with E-state index < -0.39 is 12.1 Å². The van der Waals surface area contributed by atoms with Crippen molar-refractivity contribution in [1.29, 1.82) is 0 Å². The Morgan fingerprint density at radius 2 is 2.11 bits per heavy atom. The van der Waals surface area contributed by atoms with Gasteiger partial charge >= 0.3 is 5.97 Å². The number of carbonyl (C=O) groups is 1. The number of nitrogens with one attached hydrogen (secondary N) is 1. The van der Waals surface area contributed by atoms with Gasteiger partial charge in [-0.3, -0.25) is 0 Å². The third-order valence-corrected chi connectivity index (χ3v) is 2.41. The van der Waals surface area contributed by atoms with Gasteiger partial charge in [-0.05, 0) is 17.7 Å². The van der Waals surface area contributed by atoms with Gasteiger partial charge in [0.15, 0.2) is 0 Å². The van der Waals surface area contributed by atoms with Crippen molar-refractivity contribution in [2.45, 2.75) is 12.7 Å². The maximum Gasteiger partial charge on any atom is 0.330 e. The van der Waals surface area contributed by atoms with E-state index in [1.165, 1.54) is 0 Å². The molecule has 5 heteroatoms. The van der Waals surface area contributed by atoms with Gasteiger partial charge in [0.2, 0.25) is 0 Å². The zero-order valence-electron chi connectivity index (χ0n) is 11.0. The lowest BCUT2D eigenvalue weighted by Crippen LogP contribution is -2.23. The van der Waals surface area contributed by atoms with Gasteiger partial charge in [-0.15, -0.1) is 0 Å². The fourth-order valence-electron chi connectivity index (χ4n) is 1.37. The molecule has 0 fully saturated rings. The van der Waals surface area contributed by atoms with Crippen LogP contribution >= 0.6 is 0 Å². The first-order valence-corrected chi connectivity index (χ1v) is 5.97. The van der Waals surface area contributed by atoms with Crippen molar-refractivity contribution in [2.24, 2.45) is 0 Å². The van der Waals surface area contributed by atoms with E-state index in [2.05, 4.69) is 11.9 Å². The fraction of sp³-hybridized carbons (Fsp3) is 0.357.